The van der Waals surface area contributed by atoms with Gasteiger partial charge in [-0.15, -0.1) is 5.56 Å². The van der Waals surface area contributed by atoms with Crippen LogP contribution in [-0.4, -0.2) is 14.0 Å². The van der Waals surface area contributed by atoms with Crippen molar-refractivity contribution in [1.29, 1.82) is 0 Å². The largest absolute Gasteiger partial charge is 0.241 e. The first kappa shape index (κ1) is 18.5. The van der Waals surface area contributed by atoms with E-state index in [1.807, 2.05) is 45.0 Å². The molecule has 0 fully saturated rings. The molecule has 0 heterocycles. The quantitative estimate of drug-likeness (QED) is 0.625. The Balaban J connectivity index is 0.00000220. The predicted molar refractivity (Wildman–Crippen MR) is 80.8 cm³/mol. The van der Waals surface area contributed by atoms with Crippen molar-refractivity contribution in [2.45, 2.75) is 31.2 Å². The molecule has 0 saturated heterocycles. The summed E-state index contributed by atoms with van der Waals surface area (Å²) in [6.45, 7) is 5.47. The molecular weight excluding hydrogens is 508 g/mol. The van der Waals surface area contributed by atoms with Gasteiger partial charge in [-0.05, 0) is 32.4 Å². The van der Waals surface area contributed by atoms with E-state index < -0.39 is 15.6 Å². The maximum absolute atomic E-state index is 12.5. The van der Waals surface area contributed by atoms with Gasteiger partial charge in [0.1, 0.15) is 0 Å². The van der Waals surface area contributed by atoms with Crippen LogP contribution in [0.4, 0.5) is 0 Å². The van der Waals surface area contributed by atoms with Crippen molar-refractivity contribution in [3.63, 3.8) is 0 Å². The van der Waals surface area contributed by atoms with E-state index in [4.69, 9.17) is 0 Å². The fourth-order valence-electron chi connectivity index (χ4n) is 1.96. The minimum Gasteiger partial charge on any atom is -0.207 e. The topological polar surface area (TPSA) is 46.2 Å². The summed E-state index contributed by atoms with van der Waals surface area (Å²) in [7, 11) is -3.56. The normalized spacial score (nSPS) is 11.8. The summed E-state index contributed by atoms with van der Waals surface area (Å²) in [6, 6.07) is 17.2. The molecule has 2 aromatic rings. The summed E-state index contributed by atoms with van der Waals surface area (Å²) < 4.78 is 27.7. The zero-order chi connectivity index (χ0) is 14.8. The smallest absolute Gasteiger partial charge is 0.207 e. The summed E-state index contributed by atoms with van der Waals surface area (Å²) in [6.07, 6.45) is 0. The maximum atomic E-state index is 12.5. The third-order valence-corrected chi connectivity index (χ3v) is 4.46. The molecular formula is C16H18NO2SU-. The number of benzene rings is 2. The van der Waals surface area contributed by atoms with Gasteiger partial charge in [0.05, 0.1) is 4.90 Å². The first-order chi connectivity index (χ1) is 9.30. The molecule has 0 aromatic heterocycles. The average molecular weight is 526 g/mol. The second-order valence-electron chi connectivity index (χ2n) is 5.64. The summed E-state index contributed by atoms with van der Waals surface area (Å²) in [5.74, 6) is 0. The van der Waals surface area contributed by atoms with E-state index in [-0.39, 0.29) is 31.1 Å². The Morgan fingerprint density at radius 1 is 1.00 bits per heavy atom. The number of sulfonamides is 1. The van der Waals surface area contributed by atoms with Crippen molar-refractivity contribution in [2.75, 3.05) is 0 Å². The molecule has 0 aliphatic rings. The summed E-state index contributed by atoms with van der Waals surface area (Å²) in [4.78, 5) is 0.293. The Morgan fingerprint density at radius 2 is 1.57 bits per heavy atom. The van der Waals surface area contributed by atoms with E-state index in [2.05, 4.69) is 10.8 Å². The van der Waals surface area contributed by atoms with E-state index in [1.165, 1.54) is 0 Å². The number of rotatable bonds is 3. The van der Waals surface area contributed by atoms with Gasteiger partial charge in [-0.1, -0.05) is 18.2 Å². The molecule has 0 amide bonds. The van der Waals surface area contributed by atoms with Gasteiger partial charge in [0.15, 0.2) is 0 Å². The molecule has 0 saturated carbocycles. The van der Waals surface area contributed by atoms with Gasteiger partial charge in [0.2, 0.25) is 10.0 Å². The van der Waals surface area contributed by atoms with Crippen LogP contribution >= 0.6 is 0 Å². The Labute approximate surface area is 150 Å². The van der Waals surface area contributed by atoms with Gasteiger partial charge >= 0.3 is 0 Å². The predicted octanol–water partition coefficient (Wildman–Crippen LogP) is 3.23. The molecule has 0 atom stereocenters. The molecule has 21 heavy (non-hydrogen) atoms. The van der Waals surface area contributed by atoms with Gasteiger partial charge < -0.3 is 0 Å². The van der Waals surface area contributed by atoms with Crippen molar-refractivity contribution in [2.24, 2.45) is 0 Å². The molecule has 0 unspecified atom stereocenters. The molecule has 2 aromatic carbocycles. The van der Waals surface area contributed by atoms with Crippen LogP contribution in [-0.2, 0) is 10.0 Å². The molecule has 110 valence electrons. The van der Waals surface area contributed by atoms with E-state index >= 15 is 0 Å². The fraction of sp³-hybridized carbons (Fsp3) is 0.250. The van der Waals surface area contributed by atoms with Crippen molar-refractivity contribution < 1.29 is 39.5 Å². The first-order valence-corrected chi connectivity index (χ1v) is 7.87. The number of nitrogens with one attached hydrogen (secondary N) is 1. The molecule has 0 spiro atoms. The monoisotopic (exact) mass is 526 g/mol. The Hall–Kier alpha value is -0.598. The van der Waals surface area contributed by atoms with Gasteiger partial charge in [0, 0.05) is 36.7 Å². The summed E-state index contributed by atoms with van der Waals surface area (Å²) >= 11 is 0. The molecule has 3 nitrogen and oxygen atoms in total. The van der Waals surface area contributed by atoms with Crippen LogP contribution in [0.15, 0.2) is 53.4 Å². The van der Waals surface area contributed by atoms with Crippen molar-refractivity contribution in [3.8, 4) is 11.1 Å². The van der Waals surface area contributed by atoms with Crippen LogP contribution in [0.1, 0.15) is 20.8 Å². The van der Waals surface area contributed by atoms with Gasteiger partial charge in [0.25, 0.3) is 0 Å². The average Bonchev–Trinajstić information content (AvgIpc) is 2.37. The number of hydrogen-bond donors (Lipinski definition) is 1. The minimum absolute atomic E-state index is 0. The zero-order valence-electron chi connectivity index (χ0n) is 12.3. The zero-order valence-corrected chi connectivity index (χ0v) is 17.3. The third kappa shape index (κ3) is 4.96. The van der Waals surface area contributed by atoms with Crippen molar-refractivity contribution in [3.05, 3.63) is 54.6 Å². The Morgan fingerprint density at radius 3 is 2.14 bits per heavy atom. The third-order valence-electron chi connectivity index (χ3n) is 2.65. The molecule has 1 N–H and O–H groups in total. The van der Waals surface area contributed by atoms with Crippen molar-refractivity contribution in [1.82, 2.24) is 4.72 Å². The van der Waals surface area contributed by atoms with E-state index in [9.17, 15) is 8.42 Å². The first-order valence-electron chi connectivity index (χ1n) is 6.39. The minimum atomic E-state index is -3.56. The second-order valence-corrected chi connectivity index (χ2v) is 7.29. The standard InChI is InChI=1S/C16H18NO2S.U/c1-16(2,3)17-20(18,19)15-12-8-7-11-14(15)13-9-5-4-6-10-13;/h5-12,17H,1-3H3;/q-1;. The SMILES string of the molecule is CC(C)(C)NS(=O)(=O)c1ccccc1-c1cc[c-]cc1.[U]. The van der Waals surface area contributed by atoms with Gasteiger partial charge in [-0.3, -0.25) is 0 Å². The van der Waals surface area contributed by atoms with E-state index in [0.717, 1.165) is 5.56 Å². The van der Waals surface area contributed by atoms with Crippen LogP contribution in [0, 0.1) is 37.2 Å². The van der Waals surface area contributed by atoms with Gasteiger partial charge in [-0.2, -0.15) is 30.3 Å². The van der Waals surface area contributed by atoms with Crippen LogP contribution in [0.2, 0.25) is 0 Å². The Bertz CT molecular complexity index is 692. The van der Waals surface area contributed by atoms with E-state index in [0.29, 0.717) is 10.5 Å². The van der Waals surface area contributed by atoms with E-state index in [1.54, 1.807) is 24.3 Å². The Kier molecular flexibility index (Phi) is 6.25. The van der Waals surface area contributed by atoms with Crippen molar-refractivity contribution >= 4 is 10.0 Å². The summed E-state index contributed by atoms with van der Waals surface area (Å²) in [5, 5.41) is 0. The molecule has 0 aliphatic carbocycles. The van der Waals surface area contributed by atoms with Gasteiger partial charge in [-0.25, -0.2) is 13.1 Å². The van der Waals surface area contributed by atoms with Crippen LogP contribution in [0.25, 0.3) is 11.1 Å². The molecule has 0 radical (unpaired) electrons. The molecule has 5 heteroatoms. The maximum Gasteiger partial charge on any atom is 0.241 e. The molecule has 0 aliphatic heterocycles. The van der Waals surface area contributed by atoms with Crippen LogP contribution in [0.3, 0.4) is 0 Å². The second kappa shape index (κ2) is 7.11. The van der Waals surface area contributed by atoms with Crippen LogP contribution < -0.4 is 4.72 Å². The molecule has 0 bridgehead atoms. The fourth-order valence-corrected chi connectivity index (χ4v) is 3.61. The summed E-state index contributed by atoms with van der Waals surface area (Å²) in [5.41, 5.74) is 1.04. The van der Waals surface area contributed by atoms with Crippen LogP contribution in [0.5, 0.6) is 0 Å². The molecule has 2 rings (SSSR count). The number of hydrogen-bond acceptors (Lipinski definition) is 2.